The van der Waals surface area contributed by atoms with Crippen LogP contribution in [0, 0.1) is 6.92 Å². The Kier molecular flexibility index (Phi) is 5.99. The Labute approximate surface area is 174 Å². The van der Waals surface area contributed by atoms with Gasteiger partial charge in [-0.15, -0.1) is 0 Å². The molecule has 2 aliphatic rings. The molecule has 2 aromatic rings. The van der Waals surface area contributed by atoms with Crippen LogP contribution in [-0.2, 0) is 4.74 Å². The van der Waals surface area contributed by atoms with Gasteiger partial charge in [0, 0.05) is 12.6 Å². The summed E-state index contributed by atoms with van der Waals surface area (Å²) < 4.78 is 17.0. The van der Waals surface area contributed by atoms with Gasteiger partial charge in [-0.05, 0) is 37.3 Å². The third-order valence-electron chi connectivity index (χ3n) is 4.80. The van der Waals surface area contributed by atoms with Crippen LogP contribution in [0.4, 0.5) is 16.3 Å². The van der Waals surface area contributed by atoms with E-state index in [4.69, 9.17) is 14.2 Å². The van der Waals surface area contributed by atoms with Crippen molar-refractivity contribution in [2.45, 2.75) is 25.7 Å². The first-order valence-electron chi connectivity index (χ1n) is 9.90. The third kappa shape index (κ3) is 4.98. The van der Waals surface area contributed by atoms with Crippen LogP contribution in [0.2, 0.25) is 0 Å². The number of amides is 2. The van der Waals surface area contributed by atoms with E-state index in [1.54, 1.807) is 25.6 Å². The number of hydrogen-bond acceptors (Lipinski definition) is 7. The summed E-state index contributed by atoms with van der Waals surface area (Å²) in [5.41, 5.74) is 2.36. The Morgan fingerprint density at radius 1 is 1.23 bits per heavy atom. The van der Waals surface area contributed by atoms with Gasteiger partial charge in [-0.2, -0.15) is 0 Å². The lowest BCUT2D eigenvalue weighted by molar-refractivity contribution is 0.168. The molecule has 3 N–H and O–H groups in total. The number of benzene rings is 1. The van der Waals surface area contributed by atoms with Crippen molar-refractivity contribution >= 4 is 17.5 Å². The number of methoxy groups -OCH3 is 1. The Hall–Kier alpha value is -3.33. The summed E-state index contributed by atoms with van der Waals surface area (Å²) in [4.78, 5) is 20.8. The summed E-state index contributed by atoms with van der Waals surface area (Å²) in [5.74, 6) is 2.69. The molecule has 0 spiro atoms. The standard InChI is InChI=1S/C21H25N5O4/c1-13-9-24-20(11-23-13)26-21(27)25-17-7-16(14-3-4-14)18(28-2)8-19(17)30-12-15-10-22-5-6-29-15/h7-9,11-12,14,22H,3-6,10H2,1-2H3,(H2,24,25,26,27)/b15-12-. The van der Waals surface area contributed by atoms with Gasteiger partial charge in [0.25, 0.3) is 0 Å². The van der Waals surface area contributed by atoms with Gasteiger partial charge in [0.05, 0.1) is 37.4 Å². The smallest absolute Gasteiger partial charge is 0.325 e. The van der Waals surface area contributed by atoms with Crippen LogP contribution < -0.4 is 25.4 Å². The van der Waals surface area contributed by atoms with Gasteiger partial charge in [-0.1, -0.05) is 0 Å². The summed E-state index contributed by atoms with van der Waals surface area (Å²) in [6, 6.07) is 3.26. The highest BCUT2D eigenvalue weighted by atomic mass is 16.5. The molecule has 1 aliphatic heterocycles. The minimum atomic E-state index is -0.437. The van der Waals surface area contributed by atoms with E-state index in [9.17, 15) is 4.79 Å². The van der Waals surface area contributed by atoms with Crippen molar-refractivity contribution in [3.8, 4) is 11.5 Å². The Bertz CT molecular complexity index is 933. The van der Waals surface area contributed by atoms with Crippen LogP contribution >= 0.6 is 0 Å². The lowest BCUT2D eigenvalue weighted by Crippen LogP contribution is -2.29. The van der Waals surface area contributed by atoms with Crippen molar-refractivity contribution in [2.24, 2.45) is 0 Å². The molecular formula is C21H25N5O4. The molecule has 4 rings (SSSR count). The second-order valence-corrected chi connectivity index (χ2v) is 7.21. The minimum absolute atomic E-state index is 0.361. The lowest BCUT2D eigenvalue weighted by Gasteiger charge is -2.18. The number of morpholine rings is 1. The van der Waals surface area contributed by atoms with Gasteiger partial charge in [0.1, 0.15) is 24.4 Å². The quantitative estimate of drug-likeness (QED) is 0.627. The molecular weight excluding hydrogens is 386 g/mol. The fourth-order valence-corrected chi connectivity index (χ4v) is 3.11. The first-order chi connectivity index (χ1) is 14.6. The first-order valence-corrected chi connectivity index (χ1v) is 9.90. The largest absolute Gasteiger partial charge is 0.496 e. The molecule has 1 aromatic carbocycles. The zero-order chi connectivity index (χ0) is 20.9. The molecule has 0 bridgehead atoms. The van der Waals surface area contributed by atoms with Gasteiger partial charge in [-0.25, -0.2) is 9.78 Å². The number of carbonyl (C=O) groups is 1. The maximum atomic E-state index is 12.5. The molecule has 1 aromatic heterocycles. The molecule has 0 atom stereocenters. The fourth-order valence-electron chi connectivity index (χ4n) is 3.11. The number of ether oxygens (including phenoxy) is 3. The zero-order valence-corrected chi connectivity index (χ0v) is 17.0. The summed E-state index contributed by atoms with van der Waals surface area (Å²) in [7, 11) is 1.63. The molecule has 1 saturated heterocycles. The monoisotopic (exact) mass is 411 g/mol. The molecule has 30 heavy (non-hydrogen) atoms. The van der Waals surface area contributed by atoms with E-state index < -0.39 is 6.03 Å². The van der Waals surface area contributed by atoms with Crippen molar-refractivity contribution in [1.29, 1.82) is 0 Å². The summed E-state index contributed by atoms with van der Waals surface area (Å²) in [5, 5.41) is 8.75. The van der Waals surface area contributed by atoms with E-state index in [0.29, 0.717) is 42.1 Å². The molecule has 2 fully saturated rings. The summed E-state index contributed by atoms with van der Waals surface area (Å²) in [6.07, 6.45) is 6.85. The number of nitrogens with one attached hydrogen (secondary N) is 3. The number of urea groups is 1. The van der Waals surface area contributed by atoms with Crippen molar-refractivity contribution in [1.82, 2.24) is 15.3 Å². The molecule has 1 aliphatic carbocycles. The Morgan fingerprint density at radius 3 is 2.77 bits per heavy atom. The zero-order valence-electron chi connectivity index (χ0n) is 17.0. The normalized spacial score (nSPS) is 17.2. The van der Waals surface area contributed by atoms with E-state index in [-0.39, 0.29) is 0 Å². The second kappa shape index (κ2) is 9.00. The summed E-state index contributed by atoms with van der Waals surface area (Å²) in [6.45, 7) is 3.81. The molecule has 2 amide bonds. The van der Waals surface area contributed by atoms with Crippen LogP contribution in [0.25, 0.3) is 0 Å². The van der Waals surface area contributed by atoms with E-state index in [1.807, 2.05) is 13.0 Å². The maximum absolute atomic E-state index is 12.5. The van der Waals surface area contributed by atoms with Crippen molar-refractivity contribution < 1.29 is 19.0 Å². The molecule has 2 heterocycles. The average Bonchev–Trinajstić information content (AvgIpc) is 3.60. The molecule has 0 unspecified atom stereocenters. The van der Waals surface area contributed by atoms with Gasteiger partial charge in [0.2, 0.25) is 0 Å². The van der Waals surface area contributed by atoms with Crippen molar-refractivity contribution in [3.63, 3.8) is 0 Å². The SMILES string of the molecule is COc1cc(O/C=C2/CNCCO2)c(NC(=O)Nc2cnc(C)cn2)cc1C1CC1. The highest BCUT2D eigenvalue weighted by molar-refractivity contribution is 6.00. The van der Waals surface area contributed by atoms with Crippen molar-refractivity contribution in [2.75, 3.05) is 37.4 Å². The number of carbonyl (C=O) groups excluding carboxylic acids is 1. The summed E-state index contributed by atoms with van der Waals surface area (Å²) >= 11 is 0. The first kappa shape index (κ1) is 20.0. The highest BCUT2D eigenvalue weighted by Gasteiger charge is 2.28. The van der Waals surface area contributed by atoms with E-state index >= 15 is 0 Å². The minimum Gasteiger partial charge on any atom is -0.496 e. The van der Waals surface area contributed by atoms with Crippen LogP contribution in [-0.4, -0.2) is 42.8 Å². The predicted molar refractivity (Wildman–Crippen MR) is 112 cm³/mol. The van der Waals surface area contributed by atoms with E-state index in [1.165, 1.54) is 6.20 Å². The van der Waals surface area contributed by atoms with Crippen LogP contribution in [0.3, 0.4) is 0 Å². The highest BCUT2D eigenvalue weighted by Crippen LogP contribution is 2.47. The predicted octanol–water partition coefficient (Wildman–Crippen LogP) is 3.16. The molecule has 0 radical (unpaired) electrons. The van der Waals surface area contributed by atoms with Crippen LogP contribution in [0.1, 0.15) is 30.0 Å². The molecule has 158 valence electrons. The Balaban J connectivity index is 1.56. The second-order valence-electron chi connectivity index (χ2n) is 7.21. The number of rotatable bonds is 6. The number of nitrogens with zero attached hydrogens (tertiary/aromatic N) is 2. The Morgan fingerprint density at radius 2 is 2.10 bits per heavy atom. The van der Waals surface area contributed by atoms with Crippen LogP contribution in [0.15, 0.2) is 36.5 Å². The number of anilines is 2. The van der Waals surface area contributed by atoms with Crippen LogP contribution in [0.5, 0.6) is 11.5 Å². The van der Waals surface area contributed by atoms with Gasteiger partial charge >= 0.3 is 6.03 Å². The number of hydrogen-bond donors (Lipinski definition) is 3. The number of aryl methyl sites for hydroxylation is 1. The van der Waals surface area contributed by atoms with Gasteiger partial charge in [-0.3, -0.25) is 10.3 Å². The number of aromatic nitrogens is 2. The van der Waals surface area contributed by atoms with Crippen molar-refractivity contribution in [3.05, 3.63) is 47.8 Å². The third-order valence-corrected chi connectivity index (χ3v) is 4.80. The molecule has 9 heteroatoms. The lowest BCUT2D eigenvalue weighted by atomic mass is 10.1. The average molecular weight is 411 g/mol. The van der Waals surface area contributed by atoms with E-state index in [0.717, 1.165) is 36.4 Å². The maximum Gasteiger partial charge on any atom is 0.325 e. The molecule has 1 saturated carbocycles. The topological polar surface area (TPSA) is 107 Å². The van der Waals surface area contributed by atoms with Gasteiger partial charge < -0.3 is 24.8 Å². The molecule has 9 nitrogen and oxygen atoms in total. The fraction of sp³-hybridized carbons (Fsp3) is 0.381. The van der Waals surface area contributed by atoms with Gasteiger partial charge in [0.15, 0.2) is 11.6 Å². The van der Waals surface area contributed by atoms with E-state index in [2.05, 4.69) is 25.9 Å².